The molecular weight excluding hydrogens is 382 g/mol. The van der Waals surface area contributed by atoms with Crippen molar-refractivity contribution < 1.29 is 19.1 Å². The molecule has 1 N–H and O–H groups in total. The molecule has 1 aliphatic rings. The summed E-state index contributed by atoms with van der Waals surface area (Å²) >= 11 is 6.07. The largest absolute Gasteiger partial charge is 0.495 e. The van der Waals surface area contributed by atoms with Gasteiger partial charge in [0.1, 0.15) is 11.5 Å². The number of methoxy groups -OCH3 is 2. The molecule has 1 saturated heterocycles. The number of hydrogen-bond acceptors (Lipinski definition) is 5. The van der Waals surface area contributed by atoms with Crippen molar-refractivity contribution >= 4 is 34.8 Å². The Kier molecular flexibility index (Phi) is 6.26. The molecule has 1 aliphatic heterocycles. The average molecular weight is 404 g/mol. The number of hydrogen-bond donors (Lipinski definition) is 1. The van der Waals surface area contributed by atoms with Crippen molar-refractivity contribution in [3.8, 4) is 11.5 Å². The van der Waals surface area contributed by atoms with Crippen LogP contribution in [0.15, 0.2) is 42.5 Å². The number of benzene rings is 2. The summed E-state index contributed by atoms with van der Waals surface area (Å²) < 4.78 is 10.4. The highest BCUT2D eigenvalue weighted by Crippen LogP contribution is 2.35. The van der Waals surface area contributed by atoms with Gasteiger partial charge in [-0.05, 0) is 12.1 Å². The molecule has 0 bridgehead atoms. The standard InChI is InChI=1S/C20H22ClN3O4/c1-27-17-13-16(18(28-2)12-15(17)21)22-19(25)20(26)24-10-8-23(9-11-24)14-6-4-3-5-7-14/h3-7,12-13H,8-11H2,1-2H3,(H,22,25). The number of amides is 2. The molecule has 1 fully saturated rings. The second-order valence-electron chi connectivity index (χ2n) is 6.26. The number of halogens is 1. The van der Waals surface area contributed by atoms with Gasteiger partial charge in [-0.2, -0.15) is 0 Å². The second-order valence-corrected chi connectivity index (χ2v) is 6.66. The predicted octanol–water partition coefficient (Wildman–Crippen LogP) is 2.64. The van der Waals surface area contributed by atoms with Crippen LogP contribution < -0.4 is 19.7 Å². The fourth-order valence-electron chi connectivity index (χ4n) is 3.08. The first kappa shape index (κ1) is 19.8. The molecule has 0 radical (unpaired) electrons. The molecule has 0 aliphatic carbocycles. The van der Waals surface area contributed by atoms with E-state index in [1.807, 2.05) is 30.3 Å². The van der Waals surface area contributed by atoms with Gasteiger partial charge in [-0.3, -0.25) is 9.59 Å². The SMILES string of the molecule is COc1cc(NC(=O)C(=O)N2CCN(c3ccccc3)CC2)c(OC)cc1Cl. The zero-order chi connectivity index (χ0) is 20.1. The van der Waals surface area contributed by atoms with E-state index in [2.05, 4.69) is 10.2 Å². The summed E-state index contributed by atoms with van der Waals surface area (Å²) in [4.78, 5) is 28.8. The van der Waals surface area contributed by atoms with Crippen molar-refractivity contribution in [2.45, 2.75) is 0 Å². The van der Waals surface area contributed by atoms with Crippen LogP contribution in [0, 0.1) is 0 Å². The molecule has 1 heterocycles. The number of carbonyl (C=O) groups excluding carboxylic acids is 2. The van der Waals surface area contributed by atoms with E-state index in [4.69, 9.17) is 21.1 Å². The maximum atomic E-state index is 12.6. The molecule has 0 saturated carbocycles. The van der Waals surface area contributed by atoms with Crippen LogP contribution in [0.3, 0.4) is 0 Å². The Morgan fingerprint density at radius 3 is 2.21 bits per heavy atom. The summed E-state index contributed by atoms with van der Waals surface area (Å²) in [6.45, 7) is 2.28. The minimum atomic E-state index is -0.726. The molecule has 2 aromatic rings. The Bertz CT molecular complexity index is 852. The quantitative estimate of drug-likeness (QED) is 0.795. The first-order chi connectivity index (χ1) is 13.5. The van der Waals surface area contributed by atoms with Gasteiger partial charge < -0.3 is 24.6 Å². The van der Waals surface area contributed by atoms with Crippen molar-refractivity contribution in [2.75, 3.05) is 50.6 Å². The Morgan fingerprint density at radius 2 is 1.61 bits per heavy atom. The number of rotatable bonds is 4. The number of anilines is 2. The third-order valence-electron chi connectivity index (χ3n) is 4.60. The lowest BCUT2D eigenvalue weighted by Gasteiger charge is -2.35. The van der Waals surface area contributed by atoms with Crippen LogP contribution in [-0.4, -0.2) is 57.1 Å². The number of para-hydroxylation sites is 1. The van der Waals surface area contributed by atoms with Crippen molar-refractivity contribution in [1.29, 1.82) is 0 Å². The molecule has 7 nitrogen and oxygen atoms in total. The van der Waals surface area contributed by atoms with Crippen molar-refractivity contribution in [3.63, 3.8) is 0 Å². The zero-order valence-corrected chi connectivity index (χ0v) is 16.5. The smallest absolute Gasteiger partial charge is 0.314 e. The second kappa shape index (κ2) is 8.84. The van der Waals surface area contributed by atoms with E-state index in [-0.39, 0.29) is 0 Å². The van der Waals surface area contributed by atoms with Crippen LogP contribution in [0.5, 0.6) is 11.5 Å². The number of piperazine rings is 1. The molecule has 2 aromatic carbocycles. The third-order valence-corrected chi connectivity index (χ3v) is 4.90. The fourth-order valence-corrected chi connectivity index (χ4v) is 3.31. The monoisotopic (exact) mass is 403 g/mol. The molecule has 148 valence electrons. The first-order valence-electron chi connectivity index (χ1n) is 8.85. The molecule has 0 unspecified atom stereocenters. The van der Waals surface area contributed by atoms with E-state index in [9.17, 15) is 9.59 Å². The summed E-state index contributed by atoms with van der Waals surface area (Å²) in [5.41, 5.74) is 1.43. The highest BCUT2D eigenvalue weighted by Gasteiger charge is 2.27. The van der Waals surface area contributed by atoms with E-state index in [1.165, 1.54) is 26.4 Å². The van der Waals surface area contributed by atoms with Crippen molar-refractivity contribution in [1.82, 2.24) is 4.90 Å². The van der Waals surface area contributed by atoms with Crippen LogP contribution in [0.1, 0.15) is 0 Å². The lowest BCUT2D eigenvalue weighted by Crippen LogP contribution is -2.51. The fraction of sp³-hybridized carbons (Fsp3) is 0.300. The van der Waals surface area contributed by atoms with Gasteiger partial charge in [0, 0.05) is 44.0 Å². The van der Waals surface area contributed by atoms with E-state index >= 15 is 0 Å². The van der Waals surface area contributed by atoms with Crippen molar-refractivity contribution in [3.05, 3.63) is 47.5 Å². The van der Waals surface area contributed by atoms with E-state index in [0.29, 0.717) is 48.4 Å². The maximum absolute atomic E-state index is 12.6. The predicted molar refractivity (Wildman–Crippen MR) is 108 cm³/mol. The van der Waals surface area contributed by atoms with Gasteiger partial charge in [0.2, 0.25) is 0 Å². The minimum Gasteiger partial charge on any atom is -0.495 e. The van der Waals surface area contributed by atoms with Crippen LogP contribution in [0.25, 0.3) is 0 Å². The summed E-state index contributed by atoms with van der Waals surface area (Å²) in [6.07, 6.45) is 0. The Labute approximate surface area is 168 Å². The van der Waals surface area contributed by atoms with Crippen LogP contribution >= 0.6 is 11.6 Å². The average Bonchev–Trinajstić information content (AvgIpc) is 2.74. The van der Waals surface area contributed by atoms with Gasteiger partial charge >= 0.3 is 11.8 Å². The maximum Gasteiger partial charge on any atom is 0.314 e. The molecule has 0 spiro atoms. The molecule has 2 amide bonds. The van der Waals surface area contributed by atoms with Crippen LogP contribution in [0.2, 0.25) is 5.02 Å². The van der Waals surface area contributed by atoms with E-state index < -0.39 is 11.8 Å². The molecule has 28 heavy (non-hydrogen) atoms. The molecule has 0 atom stereocenters. The Morgan fingerprint density at radius 1 is 0.964 bits per heavy atom. The van der Waals surface area contributed by atoms with Crippen molar-refractivity contribution in [2.24, 2.45) is 0 Å². The van der Waals surface area contributed by atoms with E-state index in [0.717, 1.165) is 5.69 Å². The van der Waals surface area contributed by atoms with Gasteiger partial charge in [0.05, 0.1) is 24.9 Å². The van der Waals surface area contributed by atoms with Crippen LogP contribution in [0.4, 0.5) is 11.4 Å². The Hall–Kier alpha value is -2.93. The lowest BCUT2D eigenvalue weighted by molar-refractivity contribution is -0.143. The third kappa shape index (κ3) is 4.31. The highest BCUT2D eigenvalue weighted by atomic mass is 35.5. The van der Waals surface area contributed by atoms with Gasteiger partial charge in [0.25, 0.3) is 0 Å². The number of ether oxygens (including phenoxy) is 2. The molecule has 8 heteroatoms. The molecule has 0 aromatic heterocycles. The summed E-state index contributed by atoms with van der Waals surface area (Å²) in [5, 5.41) is 2.94. The first-order valence-corrected chi connectivity index (χ1v) is 9.23. The van der Waals surface area contributed by atoms with Gasteiger partial charge in [-0.25, -0.2) is 0 Å². The topological polar surface area (TPSA) is 71.1 Å². The molecule has 3 rings (SSSR count). The summed E-state index contributed by atoms with van der Waals surface area (Å²) in [6, 6.07) is 13.0. The normalized spacial score (nSPS) is 13.8. The van der Waals surface area contributed by atoms with Gasteiger partial charge in [0.15, 0.2) is 0 Å². The lowest BCUT2D eigenvalue weighted by atomic mass is 10.2. The number of nitrogens with zero attached hydrogens (tertiary/aromatic N) is 2. The molecular formula is C20H22ClN3O4. The highest BCUT2D eigenvalue weighted by molar-refractivity contribution is 6.40. The Balaban J connectivity index is 1.63. The summed E-state index contributed by atoms with van der Waals surface area (Å²) in [5.74, 6) is -0.581. The number of nitrogens with one attached hydrogen (secondary N) is 1. The summed E-state index contributed by atoms with van der Waals surface area (Å²) in [7, 11) is 2.93. The van der Waals surface area contributed by atoms with Gasteiger partial charge in [-0.1, -0.05) is 29.8 Å². The van der Waals surface area contributed by atoms with Gasteiger partial charge in [-0.15, -0.1) is 0 Å². The number of carbonyl (C=O) groups is 2. The van der Waals surface area contributed by atoms with Crippen LogP contribution in [-0.2, 0) is 9.59 Å². The zero-order valence-electron chi connectivity index (χ0n) is 15.8. The minimum absolute atomic E-state index is 0.324. The van der Waals surface area contributed by atoms with E-state index in [1.54, 1.807) is 4.90 Å².